The summed E-state index contributed by atoms with van der Waals surface area (Å²) in [5.74, 6) is -0.161. The molecule has 118 valence electrons. The van der Waals surface area contributed by atoms with Crippen LogP contribution < -0.4 is 5.32 Å². The minimum Gasteiger partial charge on any atom is -0.363 e. The number of nitrogens with zero attached hydrogens (tertiary/aromatic N) is 2. The van der Waals surface area contributed by atoms with E-state index in [0.717, 1.165) is 24.1 Å². The van der Waals surface area contributed by atoms with Gasteiger partial charge in [0.05, 0.1) is 11.2 Å². The summed E-state index contributed by atoms with van der Waals surface area (Å²) in [6.45, 7) is 2.61. The molecule has 0 bridgehead atoms. The highest BCUT2D eigenvalue weighted by Gasteiger charge is 2.16. The van der Waals surface area contributed by atoms with Gasteiger partial charge in [0.25, 0.3) is 5.91 Å². The van der Waals surface area contributed by atoms with Crippen LogP contribution in [0.2, 0.25) is 0 Å². The molecule has 0 aliphatic heterocycles. The summed E-state index contributed by atoms with van der Waals surface area (Å²) < 4.78 is 4.98. The lowest BCUT2D eigenvalue weighted by Crippen LogP contribution is -2.24. The molecule has 0 unspecified atom stereocenters. The summed E-state index contributed by atoms with van der Waals surface area (Å²) in [6, 6.07) is 9.54. The van der Waals surface area contributed by atoms with Crippen molar-refractivity contribution in [3.05, 3.63) is 58.2 Å². The average Bonchev–Trinajstić information content (AvgIpc) is 3.21. The van der Waals surface area contributed by atoms with Gasteiger partial charge in [-0.2, -0.15) is 0 Å². The minimum atomic E-state index is -0.161. The van der Waals surface area contributed by atoms with E-state index in [9.17, 15) is 4.79 Å². The van der Waals surface area contributed by atoms with Crippen molar-refractivity contribution in [2.24, 2.45) is 0 Å². The second-order valence-corrected chi connectivity index (χ2v) is 6.10. The van der Waals surface area contributed by atoms with Gasteiger partial charge in [-0.15, -0.1) is 11.3 Å². The molecule has 23 heavy (non-hydrogen) atoms. The largest absolute Gasteiger partial charge is 0.363 e. The number of hydrogen-bond acceptors (Lipinski definition) is 5. The first-order valence-electron chi connectivity index (χ1n) is 7.42. The highest BCUT2D eigenvalue weighted by Crippen LogP contribution is 2.21. The Morgan fingerprint density at radius 1 is 1.30 bits per heavy atom. The van der Waals surface area contributed by atoms with E-state index < -0.39 is 0 Å². The van der Waals surface area contributed by atoms with Crippen molar-refractivity contribution in [1.82, 2.24) is 15.5 Å². The van der Waals surface area contributed by atoms with Gasteiger partial charge in [0.1, 0.15) is 17.5 Å². The van der Waals surface area contributed by atoms with Crippen molar-refractivity contribution < 1.29 is 9.32 Å². The predicted octanol–water partition coefficient (Wildman–Crippen LogP) is 3.47. The number of rotatable bonds is 6. The molecule has 2 aromatic heterocycles. The zero-order chi connectivity index (χ0) is 16.1. The quantitative estimate of drug-likeness (QED) is 0.704. The molecule has 0 saturated heterocycles. The van der Waals surface area contributed by atoms with E-state index in [2.05, 4.69) is 15.5 Å². The van der Waals surface area contributed by atoms with E-state index in [4.69, 9.17) is 4.52 Å². The smallest absolute Gasteiger partial charge is 0.256 e. The lowest BCUT2D eigenvalue weighted by Gasteiger charge is -2.04. The van der Waals surface area contributed by atoms with E-state index in [1.165, 1.54) is 11.1 Å². The lowest BCUT2D eigenvalue weighted by molar-refractivity contribution is 0.0953. The number of thiazole rings is 1. The summed E-state index contributed by atoms with van der Waals surface area (Å²) in [5, 5.41) is 6.87. The first-order chi connectivity index (χ1) is 11.3. The minimum absolute atomic E-state index is 0.161. The normalized spacial score (nSPS) is 10.7. The predicted molar refractivity (Wildman–Crippen MR) is 89.4 cm³/mol. The van der Waals surface area contributed by atoms with Gasteiger partial charge < -0.3 is 9.84 Å². The summed E-state index contributed by atoms with van der Waals surface area (Å²) >= 11 is 1.66. The van der Waals surface area contributed by atoms with Crippen molar-refractivity contribution in [2.45, 2.75) is 19.8 Å². The zero-order valence-electron chi connectivity index (χ0n) is 12.8. The third-order valence-corrected chi connectivity index (χ3v) is 4.57. The molecule has 0 fully saturated rings. The Balaban J connectivity index is 1.57. The summed E-state index contributed by atoms with van der Waals surface area (Å²) in [7, 11) is 0. The molecule has 1 aromatic carbocycles. The van der Waals surface area contributed by atoms with Crippen LogP contribution in [0.5, 0.6) is 0 Å². The van der Waals surface area contributed by atoms with E-state index in [1.54, 1.807) is 11.3 Å². The van der Waals surface area contributed by atoms with Crippen LogP contribution in [0.3, 0.4) is 0 Å². The molecule has 5 nitrogen and oxygen atoms in total. The van der Waals surface area contributed by atoms with Gasteiger partial charge in [-0.1, -0.05) is 35.5 Å². The van der Waals surface area contributed by atoms with Gasteiger partial charge in [0.15, 0.2) is 0 Å². The third-order valence-electron chi connectivity index (χ3n) is 3.57. The Hall–Kier alpha value is -2.47. The van der Waals surface area contributed by atoms with Crippen LogP contribution in [-0.4, -0.2) is 22.6 Å². The second kappa shape index (κ2) is 7.19. The molecule has 3 rings (SSSR count). The van der Waals surface area contributed by atoms with Crippen molar-refractivity contribution in [2.75, 3.05) is 6.54 Å². The maximum atomic E-state index is 12.3. The Bertz CT molecular complexity index is 780. The van der Waals surface area contributed by atoms with Gasteiger partial charge in [-0.25, -0.2) is 4.98 Å². The molecule has 0 spiro atoms. The van der Waals surface area contributed by atoms with Crippen LogP contribution in [0.4, 0.5) is 0 Å². The van der Waals surface area contributed by atoms with Crippen LogP contribution >= 0.6 is 11.3 Å². The molecule has 6 heteroatoms. The molecule has 1 N–H and O–H groups in total. The molecule has 3 aromatic rings. The maximum absolute atomic E-state index is 12.3. The van der Waals surface area contributed by atoms with Crippen molar-refractivity contribution >= 4 is 17.2 Å². The van der Waals surface area contributed by atoms with Crippen LogP contribution in [0.25, 0.3) is 11.3 Å². The Labute approximate surface area is 138 Å². The Morgan fingerprint density at radius 2 is 2.13 bits per heavy atom. The number of benzene rings is 1. The van der Waals surface area contributed by atoms with Gasteiger partial charge in [-0.05, 0) is 19.8 Å². The topological polar surface area (TPSA) is 68.0 Å². The summed E-state index contributed by atoms with van der Waals surface area (Å²) in [4.78, 5) is 17.8. The molecular formula is C17H17N3O2S. The third kappa shape index (κ3) is 3.65. The number of hydrogen-bond donors (Lipinski definition) is 1. The molecule has 0 aliphatic rings. The molecule has 0 radical (unpaired) electrons. The van der Waals surface area contributed by atoms with Crippen molar-refractivity contribution in [3.63, 3.8) is 0 Å². The summed E-state index contributed by atoms with van der Waals surface area (Å²) in [5.41, 5.74) is 4.83. The summed E-state index contributed by atoms with van der Waals surface area (Å²) in [6.07, 6.45) is 3.19. The number of aromatic nitrogens is 2. The van der Waals surface area contributed by atoms with E-state index in [-0.39, 0.29) is 5.91 Å². The second-order valence-electron chi connectivity index (χ2n) is 5.16. The SMILES string of the molecule is Cc1ncsc1CCCNC(=O)c1conc1-c1ccccc1. The van der Waals surface area contributed by atoms with Gasteiger partial charge in [-0.3, -0.25) is 4.79 Å². The molecule has 0 atom stereocenters. The fourth-order valence-electron chi connectivity index (χ4n) is 2.31. The van der Waals surface area contributed by atoms with Gasteiger partial charge in [0.2, 0.25) is 0 Å². The fraction of sp³-hybridized carbons (Fsp3) is 0.235. The van der Waals surface area contributed by atoms with Crippen molar-refractivity contribution in [1.29, 1.82) is 0 Å². The number of nitrogens with one attached hydrogen (secondary N) is 1. The standard InChI is InChI=1S/C17H17N3O2S/c1-12-15(23-11-19-12)8-5-9-18-17(21)14-10-22-20-16(14)13-6-3-2-4-7-13/h2-4,6-7,10-11H,5,8-9H2,1H3,(H,18,21). The van der Waals surface area contributed by atoms with E-state index >= 15 is 0 Å². The number of carbonyl (C=O) groups excluding carboxylic acids is 1. The molecule has 0 aliphatic carbocycles. The van der Waals surface area contributed by atoms with Crippen LogP contribution in [0.15, 0.2) is 46.6 Å². The van der Waals surface area contributed by atoms with E-state index in [1.807, 2.05) is 42.8 Å². The first kappa shape index (κ1) is 15.4. The number of aryl methyl sites for hydroxylation is 2. The van der Waals surface area contributed by atoms with Crippen molar-refractivity contribution in [3.8, 4) is 11.3 Å². The molecule has 0 saturated carbocycles. The number of carbonyl (C=O) groups is 1. The van der Waals surface area contributed by atoms with Crippen LogP contribution in [0, 0.1) is 6.92 Å². The Morgan fingerprint density at radius 3 is 2.87 bits per heavy atom. The molecule has 1 amide bonds. The highest BCUT2D eigenvalue weighted by atomic mass is 32.1. The van der Waals surface area contributed by atoms with Gasteiger partial charge in [0, 0.05) is 17.0 Å². The Kier molecular flexibility index (Phi) is 4.83. The van der Waals surface area contributed by atoms with E-state index in [0.29, 0.717) is 17.8 Å². The maximum Gasteiger partial charge on any atom is 0.256 e. The highest BCUT2D eigenvalue weighted by molar-refractivity contribution is 7.09. The van der Waals surface area contributed by atoms with Crippen LogP contribution in [0.1, 0.15) is 27.3 Å². The monoisotopic (exact) mass is 327 g/mol. The molecular weight excluding hydrogens is 310 g/mol. The van der Waals surface area contributed by atoms with Crippen LogP contribution in [-0.2, 0) is 6.42 Å². The number of amides is 1. The van der Waals surface area contributed by atoms with Gasteiger partial charge >= 0.3 is 0 Å². The first-order valence-corrected chi connectivity index (χ1v) is 8.30. The zero-order valence-corrected chi connectivity index (χ0v) is 13.6. The fourth-order valence-corrected chi connectivity index (χ4v) is 3.14. The average molecular weight is 327 g/mol. The lowest BCUT2D eigenvalue weighted by atomic mass is 10.1. The molecule has 2 heterocycles.